The Morgan fingerprint density at radius 2 is 2.07 bits per heavy atom. The van der Waals surface area contributed by atoms with Crippen LogP contribution in [0.4, 0.5) is 0 Å². The molecule has 1 aromatic heterocycles. The lowest BCUT2D eigenvalue weighted by atomic mass is 10.2. The van der Waals surface area contributed by atoms with Gasteiger partial charge in [0.15, 0.2) is 5.69 Å². The lowest BCUT2D eigenvalue weighted by molar-refractivity contribution is 0.0687. The molecule has 0 fully saturated rings. The molecule has 15 heavy (non-hydrogen) atoms. The second-order valence-corrected chi connectivity index (χ2v) is 3.43. The number of rotatable bonds is 1. The van der Waals surface area contributed by atoms with Crippen LogP contribution in [0.15, 0.2) is 24.3 Å². The maximum atomic E-state index is 10.7. The van der Waals surface area contributed by atoms with Crippen molar-refractivity contribution in [2.75, 3.05) is 0 Å². The zero-order chi connectivity index (χ0) is 11.0. The predicted molar refractivity (Wildman–Crippen MR) is 55.4 cm³/mol. The number of benzene rings is 1. The number of halogens is 1. The molecule has 0 saturated carbocycles. The number of aromatic carboxylic acids is 1. The first-order valence-corrected chi connectivity index (χ1v) is 4.48. The molecule has 0 spiro atoms. The van der Waals surface area contributed by atoms with Gasteiger partial charge in [0.25, 0.3) is 0 Å². The maximum Gasteiger partial charge on any atom is 0.358 e. The highest BCUT2D eigenvalue weighted by atomic mass is 35.5. The molecule has 0 aliphatic rings. The largest absolute Gasteiger partial charge is 0.505 e. The van der Waals surface area contributed by atoms with E-state index in [4.69, 9.17) is 16.7 Å². The van der Waals surface area contributed by atoms with Gasteiger partial charge in [-0.1, -0.05) is 11.6 Å². The van der Waals surface area contributed by atoms with Crippen molar-refractivity contribution in [3.05, 3.63) is 35.0 Å². The number of carboxylic acid groups (broad SMARTS) is 1. The van der Waals surface area contributed by atoms with E-state index in [1.54, 1.807) is 18.2 Å². The lowest BCUT2D eigenvalue weighted by Gasteiger charge is -2.02. The second-order valence-electron chi connectivity index (χ2n) is 3.00. The van der Waals surface area contributed by atoms with E-state index in [2.05, 4.69) is 4.98 Å². The fourth-order valence-electron chi connectivity index (χ4n) is 1.29. The SMILES string of the molecule is O=C(O)c1nc2ccc(Cl)cc2cc1O. The summed E-state index contributed by atoms with van der Waals surface area (Å²) < 4.78 is 0. The Morgan fingerprint density at radius 1 is 1.33 bits per heavy atom. The minimum atomic E-state index is -1.26. The molecule has 0 aliphatic carbocycles. The van der Waals surface area contributed by atoms with Crippen molar-refractivity contribution >= 4 is 28.5 Å². The zero-order valence-corrected chi connectivity index (χ0v) is 8.19. The molecule has 0 saturated heterocycles. The number of aromatic hydroxyl groups is 1. The van der Waals surface area contributed by atoms with Crippen LogP contribution in [0.5, 0.6) is 5.75 Å². The van der Waals surface area contributed by atoms with Gasteiger partial charge >= 0.3 is 5.97 Å². The van der Waals surface area contributed by atoms with Crippen molar-refractivity contribution in [3.63, 3.8) is 0 Å². The normalized spacial score (nSPS) is 10.5. The third kappa shape index (κ3) is 1.71. The van der Waals surface area contributed by atoms with Crippen LogP contribution in [-0.2, 0) is 0 Å². The van der Waals surface area contributed by atoms with E-state index >= 15 is 0 Å². The van der Waals surface area contributed by atoms with Crippen molar-refractivity contribution in [2.45, 2.75) is 0 Å². The van der Waals surface area contributed by atoms with Gasteiger partial charge in [-0.05, 0) is 24.3 Å². The molecule has 2 aromatic rings. The summed E-state index contributed by atoms with van der Waals surface area (Å²) in [5, 5.41) is 19.2. The van der Waals surface area contributed by atoms with Crippen molar-refractivity contribution < 1.29 is 15.0 Å². The van der Waals surface area contributed by atoms with E-state index < -0.39 is 5.97 Å². The minimum absolute atomic E-state index is 0.357. The Balaban J connectivity index is 2.76. The number of carboxylic acids is 1. The zero-order valence-electron chi connectivity index (χ0n) is 7.44. The predicted octanol–water partition coefficient (Wildman–Crippen LogP) is 2.29. The van der Waals surface area contributed by atoms with Crippen LogP contribution in [0.2, 0.25) is 5.02 Å². The van der Waals surface area contributed by atoms with Gasteiger partial charge in [0.2, 0.25) is 0 Å². The number of pyridine rings is 1. The van der Waals surface area contributed by atoms with Crippen molar-refractivity contribution in [3.8, 4) is 5.75 Å². The first kappa shape index (κ1) is 9.73. The summed E-state index contributed by atoms with van der Waals surface area (Å²) in [6.07, 6.45) is 0. The first-order valence-electron chi connectivity index (χ1n) is 4.10. The average Bonchev–Trinajstić information content (AvgIpc) is 2.15. The summed E-state index contributed by atoms with van der Waals surface area (Å²) in [7, 11) is 0. The Morgan fingerprint density at radius 3 is 2.73 bits per heavy atom. The fourth-order valence-corrected chi connectivity index (χ4v) is 1.47. The van der Waals surface area contributed by atoms with E-state index in [-0.39, 0.29) is 11.4 Å². The average molecular weight is 224 g/mol. The highest BCUT2D eigenvalue weighted by Crippen LogP contribution is 2.24. The number of aromatic nitrogens is 1. The summed E-state index contributed by atoms with van der Waals surface area (Å²) in [6.45, 7) is 0. The molecule has 0 amide bonds. The molecule has 76 valence electrons. The van der Waals surface area contributed by atoms with Crippen LogP contribution >= 0.6 is 11.6 Å². The molecule has 2 rings (SSSR count). The van der Waals surface area contributed by atoms with E-state index in [1.807, 2.05) is 0 Å². The van der Waals surface area contributed by atoms with E-state index in [1.165, 1.54) is 6.07 Å². The Hall–Kier alpha value is -1.81. The molecular weight excluding hydrogens is 218 g/mol. The quantitative estimate of drug-likeness (QED) is 0.778. The van der Waals surface area contributed by atoms with Gasteiger partial charge in [-0.15, -0.1) is 0 Å². The van der Waals surface area contributed by atoms with Crippen molar-refractivity contribution in [1.82, 2.24) is 4.98 Å². The second kappa shape index (κ2) is 3.40. The van der Waals surface area contributed by atoms with Gasteiger partial charge in [-0.2, -0.15) is 0 Å². The summed E-state index contributed by atoms with van der Waals surface area (Å²) in [5.41, 5.74) is 0.124. The van der Waals surface area contributed by atoms with Crippen LogP contribution in [0.3, 0.4) is 0 Å². The molecule has 4 nitrogen and oxygen atoms in total. The molecule has 0 unspecified atom stereocenters. The topological polar surface area (TPSA) is 70.4 Å². The molecule has 0 radical (unpaired) electrons. The summed E-state index contributed by atoms with van der Waals surface area (Å²) in [5.74, 6) is -1.62. The van der Waals surface area contributed by atoms with Crippen LogP contribution < -0.4 is 0 Å². The Bertz CT molecular complexity index is 554. The van der Waals surface area contributed by atoms with E-state index in [0.29, 0.717) is 15.9 Å². The third-order valence-corrected chi connectivity index (χ3v) is 2.19. The number of hydrogen-bond acceptors (Lipinski definition) is 3. The number of hydrogen-bond donors (Lipinski definition) is 2. The Kier molecular flexibility index (Phi) is 2.21. The molecule has 0 atom stereocenters. The maximum absolute atomic E-state index is 10.7. The van der Waals surface area contributed by atoms with E-state index in [9.17, 15) is 9.90 Å². The summed E-state index contributed by atoms with van der Waals surface area (Å²) >= 11 is 5.75. The number of nitrogens with zero attached hydrogens (tertiary/aromatic N) is 1. The molecule has 1 aromatic carbocycles. The van der Waals surface area contributed by atoms with Crippen LogP contribution in [-0.4, -0.2) is 21.2 Å². The van der Waals surface area contributed by atoms with Gasteiger partial charge in [0.05, 0.1) is 5.52 Å². The van der Waals surface area contributed by atoms with Gasteiger partial charge in [0, 0.05) is 10.4 Å². The standard InChI is InChI=1S/C10H6ClNO3/c11-6-1-2-7-5(3-6)4-8(13)9(12-7)10(14)15/h1-4,13H,(H,14,15). The fraction of sp³-hybridized carbons (Fsp3) is 0. The molecule has 1 heterocycles. The molecule has 0 aliphatic heterocycles. The molecule has 2 N–H and O–H groups in total. The first-order chi connectivity index (χ1) is 7.08. The summed E-state index contributed by atoms with van der Waals surface area (Å²) in [6, 6.07) is 6.15. The van der Waals surface area contributed by atoms with Crippen LogP contribution in [0, 0.1) is 0 Å². The van der Waals surface area contributed by atoms with Crippen LogP contribution in [0.1, 0.15) is 10.5 Å². The molecule has 5 heteroatoms. The minimum Gasteiger partial charge on any atom is -0.505 e. The van der Waals surface area contributed by atoms with Gasteiger partial charge in [0.1, 0.15) is 5.75 Å². The van der Waals surface area contributed by atoms with Crippen molar-refractivity contribution in [1.29, 1.82) is 0 Å². The van der Waals surface area contributed by atoms with Gasteiger partial charge in [-0.3, -0.25) is 0 Å². The highest BCUT2D eigenvalue weighted by molar-refractivity contribution is 6.31. The van der Waals surface area contributed by atoms with Gasteiger partial charge < -0.3 is 10.2 Å². The van der Waals surface area contributed by atoms with E-state index in [0.717, 1.165) is 0 Å². The third-order valence-electron chi connectivity index (χ3n) is 1.96. The highest BCUT2D eigenvalue weighted by Gasteiger charge is 2.12. The molecule has 0 bridgehead atoms. The lowest BCUT2D eigenvalue weighted by Crippen LogP contribution is -2.00. The molecular formula is C10H6ClNO3. The number of fused-ring (bicyclic) bond motifs is 1. The van der Waals surface area contributed by atoms with Crippen molar-refractivity contribution in [2.24, 2.45) is 0 Å². The van der Waals surface area contributed by atoms with Gasteiger partial charge in [-0.25, -0.2) is 9.78 Å². The summed E-state index contributed by atoms with van der Waals surface area (Å²) in [4.78, 5) is 14.5. The Labute approximate surface area is 89.8 Å². The smallest absolute Gasteiger partial charge is 0.358 e. The van der Waals surface area contributed by atoms with Crippen LogP contribution in [0.25, 0.3) is 10.9 Å². The number of carbonyl (C=O) groups is 1. The monoisotopic (exact) mass is 223 g/mol.